The van der Waals surface area contributed by atoms with Gasteiger partial charge in [0, 0.05) is 13.1 Å². The van der Waals surface area contributed by atoms with Crippen molar-refractivity contribution >= 4 is 46.1 Å². The molecule has 2 aliphatic rings. The lowest BCUT2D eigenvalue weighted by molar-refractivity contribution is -0.136. The SMILES string of the molecule is COC(=O)NC(C(=O)N1CCCC1c1nc2ccc(-c3ccc(-c4ccc(-c5ccc6nc(C7CCCN7C(=O)C(NC(=O)O)C(C)C)[nH]c6c5)cc4)cc3)cc2[nH]1)C(C)C. The van der Waals surface area contributed by atoms with Crippen molar-refractivity contribution in [1.29, 1.82) is 0 Å². The zero-order valence-corrected chi connectivity index (χ0v) is 35.1. The number of imidazole rings is 2. The number of carbonyl (C=O) groups excluding carboxylic acids is 3. The number of ether oxygens (including phenoxy) is 1. The minimum absolute atomic E-state index is 0.107. The predicted octanol–water partition coefficient (Wildman–Crippen LogP) is 8.44. The predicted molar refractivity (Wildman–Crippen MR) is 233 cm³/mol. The summed E-state index contributed by atoms with van der Waals surface area (Å²) in [7, 11) is 1.29. The van der Waals surface area contributed by atoms with Gasteiger partial charge >= 0.3 is 12.2 Å². The molecule has 316 valence electrons. The quantitative estimate of drug-likeness (QED) is 0.0862. The Balaban J connectivity index is 0.946. The van der Waals surface area contributed by atoms with E-state index in [1.54, 1.807) is 4.90 Å². The Morgan fingerprint density at radius 3 is 1.38 bits per heavy atom. The van der Waals surface area contributed by atoms with Crippen molar-refractivity contribution in [2.45, 2.75) is 77.5 Å². The van der Waals surface area contributed by atoms with Crippen molar-refractivity contribution in [3.05, 3.63) is 96.6 Å². The Kier molecular flexibility index (Phi) is 11.5. The average Bonchev–Trinajstić information content (AvgIpc) is 4.09. The topological polar surface area (TPSA) is 186 Å². The van der Waals surface area contributed by atoms with E-state index in [0.29, 0.717) is 18.9 Å². The highest BCUT2D eigenvalue weighted by Crippen LogP contribution is 2.36. The van der Waals surface area contributed by atoms with Crippen LogP contribution in [0.25, 0.3) is 55.4 Å². The molecule has 6 aromatic rings. The van der Waals surface area contributed by atoms with Crippen LogP contribution in [-0.4, -0.2) is 91.1 Å². The van der Waals surface area contributed by atoms with Gasteiger partial charge in [0.15, 0.2) is 0 Å². The molecule has 14 heteroatoms. The van der Waals surface area contributed by atoms with Crippen LogP contribution in [-0.2, 0) is 14.3 Å². The fourth-order valence-corrected chi connectivity index (χ4v) is 8.78. The molecule has 4 amide bonds. The molecule has 4 aromatic carbocycles. The van der Waals surface area contributed by atoms with Gasteiger partial charge in [0.25, 0.3) is 0 Å². The maximum Gasteiger partial charge on any atom is 0.407 e. The Labute approximate surface area is 354 Å². The van der Waals surface area contributed by atoms with Gasteiger partial charge in [-0.25, -0.2) is 19.6 Å². The first-order chi connectivity index (χ1) is 29.4. The lowest BCUT2D eigenvalue weighted by Gasteiger charge is -2.29. The molecule has 0 aliphatic carbocycles. The second-order valence-corrected chi connectivity index (χ2v) is 16.8. The first kappa shape index (κ1) is 41.1. The van der Waals surface area contributed by atoms with Gasteiger partial charge in [-0.2, -0.15) is 0 Å². The molecule has 8 rings (SSSR count). The monoisotopic (exact) mass is 824 g/mol. The number of methoxy groups -OCH3 is 1. The molecule has 0 saturated carbocycles. The Morgan fingerprint density at radius 1 is 0.623 bits per heavy atom. The van der Waals surface area contributed by atoms with Crippen LogP contribution in [0.4, 0.5) is 9.59 Å². The van der Waals surface area contributed by atoms with E-state index in [0.717, 1.165) is 87.0 Å². The van der Waals surface area contributed by atoms with E-state index in [-0.39, 0.29) is 35.7 Å². The van der Waals surface area contributed by atoms with E-state index in [1.807, 2.05) is 44.7 Å². The smallest absolute Gasteiger partial charge is 0.407 e. The molecule has 4 unspecified atom stereocenters. The largest absolute Gasteiger partial charge is 0.465 e. The van der Waals surface area contributed by atoms with Gasteiger partial charge in [-0.3, -0.25) is 9.59 Å². The minimum atomic E-state index is -1.21. The number of fused-ring (bicyclic) bond motifs is 2. The van der Waals surface area contributed by atoms with Crippen LogP contribution in [0.5, 0.6) is 0 Å². The normalized spacial score (nSPS) is 17.6. The molecule has 0 bridgehead atoms. The maximum absolute atomic E-state index is 13.6. The third-order valence-electron chi connectivity index (χ3n) is 12.1. The van der Waals surface area contributed by atoms with Crippen LogP contribution in [0.15, 0.2) is 84.9 Å². The van der Waals surface area contributed by atoms with Crippen LogP contribution < -0.4 is 10.6 Å². The summed E-state index contributed by atoms with van der Waals surface area (Å²) in [5.41, 5.74) is 9.80. The maximum atomic E-state index is 13.6. The number of benzene rings is 4. The number of likely N-dealkylation sites (tertiary alicyclic amines) is 2. The molecule has 2 saturated heterocycles. The van der Waals surface area contributed by atoms with Crippen molar-refractivity contribution in [2.75, 3.05) is 20.2 Å². The second-order valence-electron chi connectivity index (χ2n) is 16.8. The molecule has 5 N–H and O–H groups in total. The summed E-state index contributed by atoms with van der Waals surface area (Å²) in [5, 5.41) is 14.4. The van der Waals surface area contributed by atoms with Crippen molar-refractivity contribution in [3.63, 3.8) is 0 Å². The zero-order chi connectivity index (χ0) is 42.9. The van der Waals surface area contributed by atoms with Crippen LogP contribution in [0.1, 0.15) is 77.1 Å². The van der Waals surface area contributed by atoms with Crippen molar-refractivity contribution < 1.29 is 29.0 Å². The van der Waals surface area contributed by atoms with E-state index < -0.39 is 24.3 Å². The van der Waals surface area contributed by atoms with Gasteiger partial charge in [0.1, 0.15) is 23.7 Å². The number of aromatic nitrogens is 4. The molecule has 2 fully saturated rings. The van der Waals surface area contributed by atoms with Gasteiger partial charge in [-0.1, -0.05) is 88.4 Å². The van der Waals surface area contributed by atoms with E-state index >= 15 is 0 Å². The first-order valence-electron chi connectivity index (χ1n) is 21.0. The van der Waals surface area contributed by atoms with E-state index in [9.17, 15) is 24.3 Å². The number of carboxylic acid groups (broad SMARTS) is 1. The molecule has 0 radical (unpaired) electrons. The number of carbonyl (C=O) groups is 4. The van der Waals surface area contributed by atoms with Gasteiger partial charge in [0.2, 0.25) is 11.8 Å². The summed E-state index contributed by atoms with van der Waals surface area (Å²) in [4.78, 5) is 70.8. The number of nitrogens with one attached hydrogen (secondary N) is 4. The Hall–Kier alpha value is -6.70. The number of nitrogens with zero attached hydrogens (tertiary/aromatic N) is 4. The minimum Gasteiger partial charge on any atom is -0.465 e. The lowest BCUT2D eigenvalue weighted by atomic mass is 9.98. The summed E-state index contributed by atoms with van der Waals surface area (Å²) in [6.07, 6.45) is 1.37. The van der Waals surface area contributed by atoms with Gasteiger partial charge in [-0.15, -0.1) is 0 Å². The fraction of sp³-hybridized carbons (Fsp3) is 0.362. The summed E-state index contributed by atoms with van der Waals surface area (Å²) in [5.74, 6) is 0.793. The summed E-state index contributed by atoms with van der Waals surface area (Å²) in [6.45, 7) is 8.64. The van der Waals surface area contributed by atoms with Crippen LogP contribution in [0.3, 0.4) is 0 Å². The number of aromatic amines is 2. The van der Waals surface area contributed by atoms with Gasteiger partial charge < -0.3 is 40.2 Å². The molecular formula is C47H52N8O6. The molecule has 2 aliphatic heterocycles. The first-order valence-corrected chi connectivity index (χ1v) is 21.0. The highest BCUT2D eigenvalue weighted by Gasteiger charge is 2.39. The Morgan fingerprint density at radius 2 is 1.00 bits per heavy atom. The van der Waals surface area contributed by atoms with Gasteiger partial charge in [-0.05, 0) is 95.2 Å². The number of hydrogen-bond donors (Lipinski definition) is 5. The van der Waals surface area contributed by atoms with Crippen molar-refractivity contribution in [2.24, 2.45) is 11.8 Å². The van der Waals surface area contributed by atoms with Gasteiger partial charge in [0.05, 0.1) is 41.3 Å². The van der Waals surface area contributed by atoms with Crippen molar-refractivity contribution in [3.8, 4) is 33.4 Å². The molecule has 0 spiro atoms. The summed E-state index contributed by atoms with van der Waals surface area (Å²) >= 11 is 0. The lowest BCUT2D eigenvalue weighted by Crippen LogP contribution is -2.51. The summed E-state index contributed by atoms with van der Waals surface area (Å²) in [6, 6.07) is 27.3. The molecule has 4 heterocycles. The number of hydrogen-bond acceptors (Lipinski definition) is 7. The second kappa shape index (κ2) is 17.1. The van der Waals surface area contributed by atoms with Crippen LogP contribution in [0.2, 0.25) is 0 Å². The molecular weight excluding hydrogens is 773 g/mol. The van der Waals surface area contributed by atoms with Crippen LogP contribution in [0, 0.1) is 11.8 Å². The van der Waals surface area contributed by atoms with E-state index in [4.69, 9.17) is 14.7 Å². The standard InChI is InChI=1S/C47H52N8O6/c1-26(2)40(52-46(58)59)44(56)54-22-6-8-38(54)42-48-34-20-18-32(24-36(34)50-42)30-14-10-28(11-15-30)29-12-16-31(17-13-29)33-19-21-35-37(25-33)51-43(49-35)39-9-7-23-55(39)45(57)41(27(3)4)53-47(60)61-5/h10-21,24-27,38-41,52H,6-9,22-23H2,1-5H3,(H,48,50)(H,49,51)(H,53,60)(H,58,59). The van der Waals surface area contributed by atoms with Crippen molar-refractivity contribution in [1.82, 2.24) is 40.4 Å². The number of H-pyrrole nitrogens is 2. The summed E-state index contributed by atoms with van der Waals surface area (Å²) < 4.78 is 4.78. The number of alkyl carbamates (subject to hydrolysis) is 1. The highest BCUT2D eigenvalue weighted by atomic mass is 16.5. The van der Waals surface area contributed by atoms with E-state index in [2.05, 4.69) is 93.4 Å². The van der Waals surface area contributed by atoms with Crippen LogP contribution >= 0.6 is 0 Å². The molecule has 14 nitrogen and oxygen atoms in total. The Bertz CT molecular complexity index is 2580. The molecule has 2 aromatic heterocycles. The molecule has 4 atom stereocenters. The number of amides is 4. The zero-order valence-electron chi connectivity index (χ0n) is 35.1. The van der Waals surface area contributed by atoms with E-state index in [1.165, 1.54) is 7.11 Å². The third kappa shape index (κ3) is 8.39. The average molecular weight is 825 g/mol. The molecule has 61 heavy (non-hydrogen) atoms. The number of rotatable bonds is 11. The third-order valence-corrected chi connectivity index (χ3v) is 12.1. The fourth-order valence-electron chi connectivity index (χ4n) is 8.78. The highest BCUT2D eigenvalue weighted by molar-refractivity contribution is 5.88.